The summed E-state index contributed by atoms with van der Waals surface area (Å²) in [6, 6.07) is 5.52. The summed E-state index contributed by atoms with van der Waals surface area (Å²) in [4.78, 5) is 16.5. The molecule has 0 amide bonds. The fourth-order valence-corrected chi connectivity index (χ4v) is 2.22. The molecule has 0 saturated heterocycles. The fraction of sp³-hybridized carbons (Fsp3) is 0.500. The van der Waals surface area contributed by atoms with Gasteiger partial charge in [0.25, 0.3) is 0 Å². The number of anilines is 1. The molecule has 0 atom stereocenters. The summed E-state index contributed by atoms with van der Waals surface area (Å²) in [5, 5.41) is 0. The van der Waals surface area contributed by atoms with E-state index in [1.807, 2.05) is 12.1 Å². The molecule has 1 aromatic carbocycles. The lowest BCUT2D eigenvalue weighted by Crippen LogP contribution is -2.17. The van der Waals surface area contributed by atoms with Crippen molar-refractivity contribution >= 4 is 22.7 Å². The van der Waals surface area contributed by atoms with Crippen LogP contribution >= 0.6 is 0 Å². The maximum absolute atomic E-state index is 12.0. The van der Waals surface area contributed by atoms with Crippen molar-refractivity contribution < 1.29 is 14.3 Å². The zero-order valence-electron chi connectivity index (χ0n) is 13.3. The van der Waals surface area contributed by atoms with E-state index in [1.54, 1.807) is 17.7 Å². The maximum Gasteiger partial charge on any atom is 0.326 e. The Labute approximate surface area is 130 Å². The average Bonchev–Trinajstić information content (AvgIpc) is 2.79. The van der Waals surface area contributed by atoms with Crippen molar-refractivity contribution in [2.24, 2.45) is 5.92 Å². The van der Waals surface area contributed by atoms with Gasteiger partial charge < -0.3 is 19.8 Å². The maximum atomic E-state index is 12.0. The Morgan fingerprint density at radius 1 is 1.41 bits per heavy atom. The molecule has 0 fully saturated rings. The van der Waals surface area contributed by atoms with Gasteiger partial charge >= 0.3 is 5.97 Å². The number of methoxy groups -OCH3 is 1. The zero-order chi connectivity index (χ0) is 16.1. The van der Waals surface area contributed by atoms with E-state index in [4.69, 9.17) is 15.2 Å². The Morgan fingerprint density at radius 2 is 2.18 bits per heavy atom. The van der Waals surface area contributed by atoms with Gasteiger partial charge in [0.05, 0.1) is 17.8 Å². The lowest BCUT2D eigenvalue weighted by atomic mass is 10.1. The van der Waals surface area contributed by atoms with Crippen molar-refractivity contribution in [2.45, 2.75) is 33.4 Å². The Balaban J connectivity index is 2.19. The highest BCUT2D eigenvalue weighted by molar-refractivity contribution is 5.88. The van der Waals surface area contributed by atoms with E-state index in [0.717, 1.165) is 11.9 Å². The van der Waals surface area contributed by atoms with E-state index in [2.05, 4.69) is 18.8 Å². The number of imidazole rings is 1. The number of ether oxygens (including phenoxy) is 2. The number of esters is 1. The summed E-state index contributed by atoms with van der Waals surface area (Å²) in [7, 11) is 1.59. The van der Waals surface area contributed by atoms with Gasteiger partial charge in [-0.3, -0.25) is 4.79 Å². The molecule has 6 heteroatoms. The molecule has 0 aliphatic carbocycles. The first-order valence-corrected chi connectivity index (χ1v) is 7.41. The van der Waals surface area contributed by atoms with Crippen LogP contribution in [0.15, 0.2) is 18.2 Å². The molecule has 0 aliphatic heterocycles. The van der Waals surface area contributed by atoms with E-state index in [1.165, 1.54) is 0 Å². The van der Waals surface area contributed by atoms with Crippen LogP contribution in [-0.2, 0) is 27.4 Å². The number of rotatable bonds is 7. The van der Waals surface area contributed by atoms with Crippen LogP contribution in [-0.4, -0.2) is 29.2 Å². The molecule has 120 valence electrons. The van der Waals surface area contributed by atoms with Crippen LogP contribution in [0.2, 0.25) is 0 Å². The molecular formula is C16H23N3O3. The molecule has 22 heavy (non-hydrogen) atoms. The van der Waals surface area contributed by atoms with Crippen LogP contribution in [0, 0.1) is 5.92 Å². The number of para-hydroxylation sites is 1. The number of hydrogen-bond acceptors (Lipinski definition) is 5. The number of aromatic nitrogens is 2. The molecule has 0 radical (unpaired) electrons. The Bertz CT molecular complexity index is 649. The molecule has 0 unspecified atom stereocenters. The molecule has 0 bridgehead atoms. The van der Waals surface area contributed by atoms with E-state index in [0.29, 0.717) is 36.2 Å². The lowest BCUT2D eigenvalue weighted by Gasteiger charge is -2.10. The van der Waals surface area contributed by atoms with Gasteiger partial charge in [0.15, 0.2) is 0 Å². The third-order valence-corrected chi connectivity index (χ3v) is 3.41. The molecule has 0 saturated carbocycles. The number of carbonyl (C=O) groups is 1. The Kier molecular flexibility index (Phi) is 5.38. The quantitative estimate of drug-likeness (QED) is 0.627. The summed E-state index contributed by atoms with van der Waals surface area (Å²) < 4.78 is 12.2. The van der Waals surface area contributed by atoms with E-state index < -0.39 is 0 Å². The number of fused-ring (bicyclic) bond motifs is 1. The van der Waals surface area contributed by atoms with Crippen molar-refractivity contribution in [1.29, 1.82) is 0 Å². The van der Waals surface area contributed by atoms with Crippen LogP contribution in [0.3, 0.4) is 0 Å². The Morgan fingerprint density at radius 3 is 2.86 bits per heavy atom. The first-order valence-electron chi connectivity index (χ1n) is 7.41. The summed E-state index contributed by atoms with van der Waals surface area (Å²) in [5.74, 6) is 0.890. The van der Waals surface area contributed by atoms with Crippen LogP contribution in [0.25, 0.3) is 11.0 Å². The topological polar surface area (TPSA) is 79.4 Å². The van der Waals surface area contributed by atoms with Crippen LogP contribution in [0.1, 0.15) is 26.1 Å². The van der Waals surface area contributed by atoms with E-state index >= 15 is 0 Å². The highest BCUT2D eigenvalue weighted by Gasteiger charge is 2.15. The van der Waals surface area contributed by atoms with Crippen molar-refractivity contribution in [2.75, 3.05) is 19.5 Å². The van der Waals surface area contributed by atoms with Gasteiger partial charge in [-0.25, -0.2) is 4.98 Å². The van der Waals surface area contributed by atoms with Crippen LogP contribution in [0.4, 0.5) is 5.69 Å². The van der Waals surface area contributed by atoms with Gasteiger partial charge in [0, 0.05) is 7.11 Å². The predicted octanol–water partition coefficient (Wildman–Crippen LogP) is 2.35. The van der Waals surface area contributed by atoms with Gasteiger partial charge in [-0.15, -0.1) is 0 Å². The molecular weight excluding hydrogens is 282 g/mol. The second-order valence-electron chi connectivity index (χ2n) is 5.67. The van der Waals surface area contributed by atoms with Crippen molar-refractivity contribution in [3.8, 4) is 0 Å². The highest BCUT2D eigenvalue weighted by atomic mass is 16.5. The van der Waals surface area contributed by atoms with E-state index in [9.17, 15) is 4.79 Å². The van der Waals surface area contributed by atoms with E-state index in [-0.39, 0.29) is 12.5 Å². The summed E-state index contributed by atoms with van der Waals surface area (Å²) in [6.07, 6.45) is 0.855. The molecule has 0 aliphatic rings. The third kappa shape index (κ3) is 3.76. The SMILES string of the molecule is COCc1nc2c(N)cccc2n1CC(=O)OCCC(C)C. The Hall–Kier alpha value is -2.08. The number of hydrogen-bond donors (Lipinski definition) is 1. The highest BCUT2D eigenvalue weighted by Crippen LogP contribution is 2.22. The van der Waals surface area contributed by atoms with Gasteiger partial charge in [-0.05, 0) is 24.5 Å². The van der Waals surface area contributed by atoms with Gasteiger partial charge in [-0.2, -0.15) is 0 Å². The van der Waals surface area contributed by atoms with Crippen molar-refractivity contribution in [3.05, 3.63) is 24.0 Å². The number of nitrogen functional groups attached to an aromatic ring is 1. The fourth-order valence-electron chi connectivity index (χ4n) is 2.22. The molecule has 1 aromatic heterocycles. The number of benzene rings is 1. The second-order valence-corrected chi connectivity index (χ2v) is 5.67. The predicted molar refractivity (Wildman–Crippen MR) is 85.3 cm³/mol. The molecule has 1 heterocycles. The van der Waals surface area contributed by atoms with Crippen LogP contribution < -0.4 is 5.73 Å². The normalized spacial score (nSPS) is 11.3. The summed E-state index contributed by atoms with van der Waals surface area (Å²) in [6.45, 7) is 5.04. The standard InChI is InChI=1S/C16H23N3O3/c1-11(2)7-8-22-15(20)9-19-13-6-4-5-12(17)16(13)18-14(19)10-21-3/h4-6,11H,7-10,17H2,1-3H3. The van der Waals surface area contributed by atoms with Crippen molar-refractivity contribution in [3.63, 3.8) is 0 Å². The first kappa shape index (κ1) is 16.3. The monoisotopic (exact) mass is 305 g/mol. The number of nitrogens with two attached hydrogens (primary N) is 1. The van der Waals surface area contributed by atoms with Gasteiger partial charge in [0.1, 0.15) is 24.5 Å². The largest absolute Gasteiger partial charge is 0.464 e. The lowest BCUT2D eigenvalue weighted by molar-refractivity contribution is -0.144. The summed E-state index contributed by atoms with van der Waals surface area (Å²) in [5.41, 5.74) is 8.03. The van der Waals surface area contributed by atoms with Gasteiger partial charge in [-0.1, -0.05) is 19.9 Å². The molecule has 0 spiro atoms. The number of nitrogens with zero attached hydrogens (tertiary/aromatic N) is 2. The minimum Gasteiger partial charge on any atom is -0.464 e. The van der Waals surface area contributed by atoms with Crippen molar-refractivity contribution in [1.82, 2.24) is 9.55 Å². The minimum atomic E-state index is -0.278. The minimum absolute atomic E-state index is 0.108. The zero-order valence-corrected chi connectivity index (χ0v) is 13.3. The molecule has 2 N–H and O–H groups in total. The smallest absolute Gasteiger partial charge is 0.326 e. The third-order valence-electron chi connectivity index (χ3n) is 3.41. The first-order chi connectivity index (χ1) is 10.5. The molecule has 2 aromatic rings. The molecule has 6 nitrogen and oxygen atoms in total. The molecule has 2 rings (SSSR count). The van der Waals surface area contributed by atoms with Gasteiger partial charge in [0.2, 0.25) is 0 Å². The van der Waals surface area contributed by atoms with Crippen LogP contribution in [0.5, 0.6) is 0 Å². The summed E-state index contributed by atoms with van der Waals surface area (Å²) >= 11 is 0. The number of carbonyl (C=O) groups excluding carboxylic acids is 1. The average molecular weight is 305 g/mol. The second kappa shape index (κ2) is 7.26.